The van der Waals surface area contributed by atoms with Crippen molar-refractivity contribution in [2.45, 2.75) is 53.8 Å². The summed E-state index contributed by atoms with van der Waals surface area (Å²) in [6, 6.07) is 10.6. The Kier molecular flexibility index (Phi) is 5.47. The van der Waals surface area contributed by atoms with E-state index < -0.39 is 0 Å². The molecular weight excluding hydrogens is 322 g/mol. The van der Waals surface area contributed by atoms with E-state index in [2.05, 4.69) is 65.0 Å². The van der Waals surface area contributed by atoms with Gasteiger partial charge < -0.3 is 5.32 Å². The highest BCUT2D eigenvalue weighted by atomic mass is 15.3. The van der Waals surface area contributed by atoms with Crippen LogP contribution in [0, 0.1) is 27.7 Å². The maximum atomic E-state index is 4.74. The van der Waals surface area contributed by atoms with Gasteiger partial charge in [0.1, 0.15) is 5.82 Å². The van der Waals surface area contributed by atoms with Crippen molar-refractivity contribution < 1.29 is 0 Å². The first kappa shape index (κ1) is 18.3. The van der Waals surface area contributed by atoms with Crippen LogP contribution in [0.25, 0.3) is 0 Å². The molecule has 136 valence electrons. The van der Waals surface area contributed by atoms with Crippen LogP contribution in [0.1, 0.15) is 52.6 Å². The van der Waals surface area contributed by atoms with Crippen LogP contribution in [-0.2, 0) is 13.1 Å². The molecule has 1 aromatic carbocycles. The molecule has 1 atom stereocenters. The molecule has 0 amide bonds. The van der Waals surface area contributed by atoms with Gasteiger partial charge in [-0.1, -0.05) is 30.3 Å². The lowest BCUT2D eigenvalue weighted by Gasteiger charge is -2.16. The molecule has 0 saturated heterocycles. The Morgan fingerprint density at radius 3 is 2.46 bits per heavy atom. The molecule has 26 heavy (non-hydrogen) atoms. The zero-order valence-electron chi connectivity index (χ0n) is 16.2. The number of rotatable bonds is 6. The Morgan fingerprint density at radius 1 is 1.04 bits per heavy atom. The fourth-order valence-corrected chi connectivity index (χ4v) is 3.28. The summed E-state index contributed by atoms with van der Waals surface area (Å²) in [4.78, 5) is 8.80. The minimum Gasteiger partial charge on any atom is -0.306 e. The fourth-order valence-electron chi connectivity index (χ4n) is 3.28. The summed E-state index contributed by atoms with van der Waals surface area (Å²) >= 11 is 0. The highest BCUT2D eigenvalue weighted by molar-refractivity contribution is 5.27. The number of benzene rings is 1. The van der Waals surface area contributed by atoms with Gasteiger partial charge in [0.2, 0.25) is 0 Å². The Morgan fingerprint density at radius 2 is 1.77 bits per heavy atom. The monoisotopic (exact) mass is 349 g/mol. The van der Waals surface area contributed by atoms with Crippen molar-refractivity contribution in [3.8, 4) is 0 Å². The smallest absolute Gasteiger partial charge is 0.125 e. The first-order valence-electron chi connectivity index (χ1n) is 9.06. The van der Waals surface area contributed by atoms with Crippen LogP contribution in [0.15, 0.2) is 36.5 Å². The molecule has 0 aliphatic heterocycles. The van der Waals surface area contributed by atoms with E-state index >= 15 is 0 Å². The van der Waals surface area contributed by atoms with Crippen molar-refractivity contribution in [3.05, 3.63) is 76.1 Å². The first-order valence-corrected chi connectivity index (χ1v) is 9.06. The molecule has 0 aliphatic rings. The van der Waals surface area contributed by atoms with E-state index in [0.717, 1.165) is 35.9 Å². The van der Waals surface area contributed by atoms with Gasteiger partial charge in [0, 0.05) is 41.3 Å². The highest BCUT2D eigenvalue weighted by Crippen LogP contribution is 2.19. The topological polar surface area (TPSA) is 55.6 Å². The summed E-state index contributed by atoms with van der Waals surface area (Å²) in [6.45, 7) is 11.9. The SMILES string of the molecule is Cc1ncc(C(C)NCc2c(C)nn(Cc3ccccc3)c2C)c(C)n1. The molecule has 0 spiro atoms. The largest absolute Gasteiger partial charge is 0.306 e. The summed E-state index contributed by atoms with van der Waals surface area (Å²) in [5, 5.41) is 8.34. The van der Waals surface area contributed by atoms with Crippen LogP contribution in [0.5, 0.6) is 0 Å². The van der Waals surface area contributed by atoms with Crippen LogP contribution in [0.2, 0.25) is 0 Å². The normalized spacial score (nSPS) is 12.3. The lowest BCUT2D eigenvalue weighted by atomic mass is 10.1. The lowest BCUT2D eigenvalue weighted by molar-refractivity contribution is 0.563. The average molecular weight is 349 g/mol. The fraction of sp³-hybridized carbons (Fsp3) is 0.381. The molecule has 3 aromatic rings. The third-order valence-electron chi connectivity index (χ3n) is 4.90. The molecule has 0 aliphatic carbocycles. The molecule has 2 aromatic heterocycles. The molecule has 5 nitrogen and oxygen atoms in total. The van der Waals surface area contributed by atoms with Gasteiger partial charge in [-0.15, -0.1) is 0 Å². The van der Waals surface area contributed by atoms with Crippen molar-refractivity contribution >= 4 is 0 Å². The quantitative estimate of drug-likeness (QED) is 0.735. The lowest BCUT2D eigenvalue weighted by Crippen LogP contribution is -2.20. The Labute approximate surface area is 155 Å². The van der Waals surface area contributed by atoms with Gasteiger partial charge in [-0.3, -0.25) is 4.68 Å². The van der Waals surface area contributed by atoms with E-state index in [4.69, 9.17) is 5.10 Å². The summed E-state index contributed by atoms with van der Waals surface area (Å²) < 4.78 is 2.09. The molecule has 1 N–H and O–H groups in total. The predicted molar refractivity (Wildman–Crippen MR) is 104 cm³/mol. The van der Waals surface area contributed by atoms with Gasteiger partial charge in [-0.25, -0.2) is 9.97 Å². The molecule has 0 bridgehead atoms. The van der Waals surface area contributed by atoms with Crippen LogP contribution in [0.3, 0.4) is 0 Å². The Bertz CT molecular complexity index is 883. The third-order valence-corrected chi connectivity index (χ3v) is 4.90. The second-order valence-electron chi connectivity index (χ2n) is 6.85. The number of aromatic nitrogens is 4. The maximum Gasteiger partial charge on any atom is 0.125 e. The van der Waals surface area contributed by atoms with Crippen molar-refractivity contribution in [1.29, 1.82) is 0 Å². The second kappa shape index (κ2) is 7.79. The molecule has 0 radical (unpaired) electrons. The number of hydrogen-bond acceptors (Lipinski definition) is 4. The van der Waals surface area contributed by atoms with Gasteiger partial charge in [0.25, 0.3) is 0 Å². The average Bonchev–Trinajstić information content (AvgIpc) is 2.87. The summed E-state index contributed by atoms with van der Waals surface area (Å²) in [5.41, 5.74) is 6.99. The van der Waals surface area contributed by atoms with E-state index in [1.54, 1.807) is 0 Å². The van der Waals surface area contributed by atoms with Crippen LogP contribution >= 0.6 is 0 Å². The molecule has 3 rings (SSSR count). The van der Waals surface area contributed by atoms with Crippen LogP contribution in [-0.4, -0.2) is 19.7 Å². The first-order chi connectivity index (χ1) is 12.5. The molecule has 0 saturated carbocycles. The van der Waals surface area contributed by atoms with Crippen molar-refractivity contribution in [3.63, 3.8) is 0 Å². The number of nitrogens with zero attached hydrogens (tertiary/aromatic N) is 4. The van der Waals surface area contributed by atoms with Crippen molar-refractivity contribution in [2.75, 3.05) is 0 Å². The molecular formula is C21H27N5. The third kappa shape index (κ3) is 3.99. The van der Waals surface area contributed by atoms with Crippen LogP contribution < -0.4 is 5.32 Å². The van der Waals surface area contributed by atoms with Gasteiger partial charge in [0.05, 0.1) is 12.2 Å². The van der Waals surface area contributed by atoms with E-state index in [-0.39, 0.29) is 6.04 Å². The number of nitrogens with one attached hydrogen (secondary N) is 1. The van der Waals surface area contributed by atoms with Gasteiger partial charge >= 0.3 is 0 Å². The number of hydrogen-bond donors (Lipinski definition) is 1. The summed E-state index contributed by atoms with van der Waals surface area (Å²) in [7, 11) is 0. The second-order valence-corrected chi connectivity index (χ2v) is 6.85. The molecule has 2 heterocycles. The zero-order valence-corrected chi connectivity index (χ0v) is 16.2. The van der Waals surface area contributed by atoms with Gasteiger partial charge in [-0.05, 0) is 40.2 Å². The minimum absolute atomic E-state index is 0.187. The predicted octanol–water partition coefficient (Wildman–Crippen LogP) is 3.81. The zero-order chi connectivity index (χ0) is 18.7. The van der Waals surface area contributed by atoms with Gasteiger partial charge in [-0.2, -0.15) is 5.10 Å². The van der Waals surface area contributed by atoms with Gasteiger partial charge in [0.15, 0.2) is 0 Å². The molecule has 1 unspecified atom stereocenters. The molecule has 0 fully saturated rings. The van der Waals surface area contributed by atoms with E-state index in [0.29, 0.717) is 0 Å². The Balaban J connectivity index is 1.72. The van der Waals surface area contributed by atoms with Crippen LogP contribution in [0.4, 0.5) is 0 Å². The maximum absolute atomic E-state index is 4.74. The van der Waals surface area contributed by atoms with Crippen molar-refractivity contribution in [2.24, 2.45) is 0 Å². The highest BCUT2D eigenvalue weighted by Gasteiger charge is 2.15. The van der Waals surface area contributed by atoms with E-state index in [1.807, 2.05) is 26.1 Å². The Hall–Kier alpha value is -2.53. The van der Waals surface area contributed by atoms with E-state index in [9.17, 15) is 0 Å². The van der Waals surface area contributed by atoms with E-state index in [1.165, 1.54) is 16.8 Å². The standard InChI is InChI=1S/C21H27N5/c1-14(20-11-23-18(5)24-15(20)2)22-12-21-16(3)25-26(17(21)4)13-19-9-7-6-8-10-19/h6-11,14,22H,12-13H2,1-5H3. The van der Waals surface area contributed by atoms with Crippen molar-refractivity contribution in [1.82, 2.24) is 25.1 Å². The molecule has 5 heteroatoms. The summed E-state index contributed by atoms with van der Waals surface area (Å²) in [6.07, 6.45) is 1.92. The summed E-state index contributed by atoms with van der Waals surface area (Å²) in [5.74, 6) is 0.812. The minimum atomic E-state index is 0.187. The number of aryl methyl sites for hydroxylation is 3.